The lowest BCUT2D eigenvalue weighted by Gasteiger charge is -2.14. The molecule has 0 saturated carbocycles. The first-order valence-electron chi connectivity index (χ1n) is 9.51. The van der Waals surface area contributed by atoms with Crippen molar-refractivity contribution in [2.24, 2.45) is 5.73 Å². The van der Waals surface area contributed by atoms with E-state index in [4.69, 9.17) is 15.2 Å². The summed E-state index contributed by atoms with van der Waals surface area (Å²) in [7, 11) is 1.57. The quantitative estimate of drug-likeness (QED) is 0.501. The fraction of sp³-hybridized carbons (Fsp3) is 0.273. The Balaban J connectivity index is 0.00000240. The van der Waals surface area contributed by atoms with Crippen LogP contribution in [0, 0.1) is 0 Å². The van der Waals surface area contributed by atoms with Gasteiger partial charge < -0.3 is 25.1 Å². The highest BCUT2D eigenvalue weighted by molar-refractivity contribution is 5.95. The molecule has 9 heteroatoms. The number of nitrogens with one attached hydrogen (secondary N) is 1. The molecular weight excluding hydrogens is 439 g/mol. The van der Waals surface area contributed by atoms with Gasteiger partial charge in [-0.15, -0.1) is 24.8 Å². The number of amides is 1. The second-order valence-electron chi connectivity index (χ2n) is 6.62. The Morgan fingerprint density at radius 2 is 1.90 bits per heavy atom. The minimum Gasteiger partial charge on any atom is -0.493 e. The smallest absolute Gasteiger partial charge is 0.241 e. The molecule has 0 aliphatic rings. The Bertz CT molecular complexity index is 951. The maximum absolute atomic E-state index is 12.5. The normalized spacial score (nSPS) is 10.9. The number of halogens is 2. The number of carbonyl (C=O) groups excluding carboxylic acids is 1. The SMILES string of the molecule is CCOc1cc(NC(=O)[C@@H](N)Cc2cn(Cc3ccccc3)cn2)ccc1OC.Cl.Cl. The molecule has 1 heterocycles. The van der Waals surface area contributed by atoms with Crippen LogP contribution in [0.2, 0.25) is 0 Å². The van der Waals surface area contributed by atoms with Gasteiger partial charge in [0.05, 0.1) is 31.8 Å². The molecule has 2 aromatic carbocycles. The van der Waals surface area contributed by atoms with Crippen LogP contribution < -0.4 is 20.5 Å². The average Bonchev–Trinajstić information content (AvgIpc) is 3.16. The Morgan fingerprint density at radius 3 is 2.58 bits per heavy atom. The molecule has 3 aromatic rings. The lowest BCUT2D eigenvalue weighted by molar-refractivity contribution is -0.117. The van der Waals surface area contributed by atoms with Crippen molar-refractivity contribution in [2.75, 3.05) is 19.0 Å². The second kappa shape index (κ2) is 12.8. The van der Waals surface area contributed by atoms with E-state index >= 15 is 0 Å². The van der Waals surface area contributed by atoms with Crippen LogP contribution in [-0.2, 0) is 17.8 Å². The zero-order valence-corrected chi connectivity index (χ0v) is 19.1. The summed E-state index contributed by atoms with van der Waals surface area (Å²) in [6, 6.07) is 14.6. The van der Waals surface area contributed by atoms with Gasteiger partial charge in [0, 0.05) is 30.9 Å². The van der Waals surface area contributed by atoms with Crippen LogP contribution in [0.5, 0.6) is 11.5 Å². The van der Waals surface area contributed by atoms with Crippen LogP contribution >= 0.6 is 24.8 Å². The molecule has 0 aliphatic heterocycles. The fourth-order valence-electron chi connectivity index (χ4n) is 2.97. The van der Waals surface area contributed by atoms with Crippen molar-refractivity contribution in [1.82, 2.24) is 9.55 Å². The summed E-state index contributed by atoms with van der Waals surface area (Å²) in [5.74, 6) is 0.898. The predicted molar refractivity (Wildman–Crippen MR) is 127 cm³/mol. The van der Waals surface area contributed by atoms with E-state index in [0.717, 1.165) is 12.2 Å². The van der Waals surface area contributed by atoms with Crippen LogP contribution in [0.4, 0.5) is 5.69 Å². The predicted octanol–water partition coefficient (Wildman–Crippen LogP) is 3.69. The maximum Gasteiger partial charge on any atom is 0.241 e. The van der Waals surface area contributed by atoms with Crippen molar-refractivity contribution < 1.29 is 14.3 Å². The standard InChI is InChI=1S/C22H26N4O3.2ClH/c1-3-29-21-12-17(9-10-20(21)28-2)25-22(27)19(23)11-18-14-26(15-24-18)13-16-7-5-4-6-8-16;;/h4-10,12,14-15,19H,3,11,13,23H2,1-2H3,(H,25,27);2*1H/t19-;;/m0../s1. The topological polar surface area (TPSA) is 91.4 Å². The number of rotatable bonds is 9. The van der Waals surface area contributed by atoms with Crippen molar-refractivity contribution in [2.45, 2.75) is 25.9 Å². The third kappa shape index (κ3) is 7.47. The van der Waals surface area contributed by atoms with E-state index in [9.17, 15) is 4.79 Å². The number of nitrogens with two attached hydrogens (primary N) is 1. The highest BCUT2D eigenvalue weighted by Crippen LogP contribution is 2.30. The molecule has 31 heavy (non-hydrogen) atoms. The first-order chi connectivity index (χ1) is 14.1. The molecule has 3 rings (SSSR count). The molecule has 1 atom stereocenters. The van der Waals surface area contributed by atoms with Crippen molar-refractivity contribution in [1.29, 1.82) is 0 Å². The molecule has 0 bridgehead atoms. The van der Waals surface area contributed by atoms with Gasteiger partial charge >= 0.3 is 0 Å². The zero-order valence-electron chi connectivity index (χ0n) is 17.5. The van der Waals surface area contributed by atoms with Gasteiger partial charge in [0.25, 0.3) is 0 Å². The number of ether oxygens (including phenoxy) is 2. The van der Waals surface area contributed by atoms with Crippen LogP contribution in [0.3, 0.4) is 0 Å². The fourth-order valence-corrected chi connectivity index (χ4v) is 2.97. The zero-order chi connectivity index (χ0) is 20.6. The number of carbonyl (C=O) groups is 1. The molecular formula is C22H28Cl2N4O3. The molecule has 3 N–H and O–H groups in total. The van der Waals surface area contributed by atoms with Crippen molar-refractivity contribution >= 4 is 36.4 Å². The largest absolute Gasteiger partial charge is 0.493 e. The second-order valence-corrected chi connectivity index (χ2v) is 6.62. The molecule has 0 saturated heterocycles. The van der Waals surface area contributed by atoms with Gasteiger partial charge in [-0.2, -0.15) is 0 Å². The molecule has 0 aliphatic carbocycles. The Labute approximate surface area is 194 Å². The molecule has 7 nitrogen and oxygen atoms in total. The van der Waals surface area contributed by atoms with Crippen molar-refractivity contribution in [3.63, 3.8) is 0 Å². The molecule has 168 valence electrons. The number of aromatic nitrogens is 2. The van der Waals surface area contributed by atoms with E-state index < -0.39 is 6.04 Å². The summed E-state index contributed by atoms with van der Waals surface area (Å²) in [5.41, 5.74) is 8.65. The van der Waals surface area contributed by atoms with Crippen LogP contribution in [0.15, 0.2) is 61.1 Å². The number of imidazole rings is 1. The van der Waals surface area contributed by atoms with Crippen molar-refractivity contribution in [3.05, 3.63) is 72.3 Å². The highest BCUT2D eigenvalue weighted by Gasteiger charge is 2.17. The number of methoxy groups -OCH3 is 1. The molecule has 0 unspecified atom stereocenters. The summed E-state index contributed by atoms with van der Waals surface area (Å²) in [6.07, 6.45) is 4.02. The third-order valence-corrected chi connectivity index (χ3v) is 4.39. The Morgan fingerprint density at radius 1 is 1.16 bits per heavy atom. The first kappa shape index (κ1) is 26.3. The van der Waals surface area contributed by atoms with E-state index in [1.807, 2.05) is 35.9 Å². The Hall–Kier alpha value is -2.74. The van der Waals surface area contributed by atoms with Gasteiger partial charge in [-0.3, -0.25) is 4.79 Å². The molecule has 1 aromatic heterocycles. The van der Waals surface area contributed by atoms with E-state index in [2.05, 4.69) is 22.4 Å². The molecule has 0 fully saturated rings. The van der Waals surface area contributed by atoms with Gasteiger partial charge in [-0.25, -0.2) is 4.98 Å². The Kier molecular flexibility index (Phi) is 10.9. The first-order valence-corrected chi connectivity index (χ1v) is 9.51. The summed E-state index contributed by atoms with van der Waals surface area (Å²) in [6.45, 7) is 3.11. The minimum absolute atomic E-state index is 0. The minimum atomic E-state index is -0.715. The van der Waals surface area contributed by atoms with Crippen molar-refractivity contribution in [3.8, 4) is 11.5 Å². The van der Waals surface area contributed by atoms with Gasteiger partial charge in [-0.05, 0) is 24.6 Å². The monoisotopic (exact) mass is 466 g/mol. The number of anilines is 1. The summed E-state index contributed by atoms with van der Waals surface area (Å²) in [4.78, 5) is 16.9. The van der Waals surface area contributed by atoms with E-state index in [0.29, 0.717) is 30.2 Å². The molecule has 1 amide bonds. The van der Waals surface area contributed by atoms with Crippen LogP contribution in [-0.4, -0.2) is 35.2 Å². The van der Waals surface area contributed by atoms with Gasteiger partial charge in [0.15, 0.2) is 11.5 Å². The van der Waals surface area contributed by atoms with E-state index in [1.54, 1.807) is 31.6 Å². The third-order valence-electron chi connectivity index (χ3n) is 4.39. The van der Waals surface area contributed by atoms with Gasteiger partial charge in [0.1, 0.15) is 0 Å². The number of benzene rings is 2. The van der Waals surface area contributed by atoms with Gasteiger partial charge in [-0.1, -0.05) is 30.3 Å². The van der Waals surface area contributed by atoms with Crippen LogP contribution in [0.25, 0.3) is 0 Å². The lowest BCUT2D eigenvalue weighted by atomic mass is 10.1. The number of hydrogen-bond acceptors (Lipinski definition) is 5. The lowest BCUT2D eigenvalue weighted by Crippen LogP contribution is -2.37. The average molecular weight is 467 g/mol. The summed E-state index contributed by atoms with van der Waals surface area (Å²) in [5, 5.41) is 2.82. The number of hydrogen-bond donors (Lipinski definition) is 2. The summed E-state index contributed by atoms with van der Waals surface area (Å²) >= 11 is 0. The van der Waals surface area contributed by atoms with Crippen LogP contribution in [0.1, 0.15) is 18.2 Å². The highest BCUT2D eigenvalue weighted by atomic mass is 35.5. The maximum atomic E-state index is 12.5. The van der Waals surface area contributed by atoms with E-state index in [-0.39, 0.29) is 30.7 Å². The van der Waals surface area contributed by atoms with E-state index in [1.165, 1.54) is 5.56 Å². The van der Waals surface area contributed by atoms with Gasteiger partial charge in [0.2, 0.25) is 5.91 Å². The molecule has 0 radical (unpaired) electrons. The molecule has 0 spiro atoms. The number of nitrogens with zero attached hydrogens (tertiary/aromatic N) is 2. The summed E-state index contributed by atoms with van der Waals surface area (Å²) < 4.78 is 12.8.